The van der Waals surface area contributed by atoms with E-state index in [9.17, 15) is 22.0 Å². The summed E-state index contributed by atoms with van der Waals surface area (Å²) in [5.74, 6) is -1.54. The van der Waals surface area contributed by atoms with Crippen molar-refractivity contribution in [2.75, 3.05) is 10.0 Å². The van der Waals surface area contributed by atoms with Gasteiger partial charge in [0, 0.05) is 17.4 Å². The van der Waals surface area contributed by atoms with Crippen molar-refractivity contribution in [3.63, 3.8) is 0 Å². The normalized spacial score (nSPS) is 11.7. The van der Waals surface area contributed by atoms with Gasteiger partial charge in [0.25, 0.3) is 10.0 Å². The number of aryl methyl sites for hydroxylation is 1. The Morgan fingerprint density at radius 3 is 2.73 bits per heavy atom. The second kappa shape index (κ2) is 8.76. The van der Waals surface area contributed by atoms with Crippen LogP contribution in [-0.4, -0.2) is 19.5 Å². The lowest BCUT2D eigenvalue weighted by molar-refractivity contribution is -0.115. The summed E-state index contributed by atoms with van der Waals surface area (Å²) in [7, 11) is -4.10. The quantitative estimate of drug-likeness (QED) is 0.543. The second-order valence-corrected chi connectivity index (χ2v) is 9.15. The van der Waals surface area contributed by atoms with Crippen molar-refractivity contribution in [3.05, 3.63) is 58.3 Å². The molecule has 0 atom stereocenters. The fourth-order valence-electron chi connectivity index (χ4n) is 2.38. The van der Waals surface area contributed by atoms with Gasteiger partial charge in [0.15, 0.2) is 5.76 Å². The maximum atomic E-state index is 13.7. The first-order valence-electron chi connectivity index (χ1n) is 8.71. The molecule has 0 fully saturated rings. The summed E-state index contributed by atoms with van der Waals surface area (Å²) in [4.78, 5) is 12.2. The van der Waals surface area contributed by atoms with Crippen molar-refractivity contribution in [3.8, 4) is 0 Å². The number of sulfonamides is 1. The van der Waals surface area contributed by atoms with Gasteiger partial charge >= 0.3 is 0 Å². The molecule has 0 aliphatic rings. The van der Waals surface area contributed by atoms with Crippen molar-refractivity contribution < 1.29 is 26.5 Å². The summed E-state index contributed by atoms with van der Waals surface area (Å²) < 4.78 is 59.1. The number of carbonyl (C=O) groups is 1. The standard InChI is InChI=1S/C19H17F2N3O4S2/c1-3-17(25)22-19-11(2)23-28-16(19)8-5-13-6-9-18(29-13)30(26,27)24-15-10-12(20)4-7-14(15)21/h4-10,24H,3H2,1-2H3,(H,22,25)/b8-5+. The maximum absolute atomic E-state index is 13.7. The van der Waals surface area contributed by atoms with Crippen LogP contribution in [0.25, 0.3) is 12.2 Å². The molecule has 0 bridgehead atoms. The number of aromatic nitrogens is 1. The lowest BCUT2D eigenvalue weighted by Gasteiger charge is -2.07. The number of anilines is 2. The van der Waals surface area contributed by atoms with Crippen LogP contribution in [0.2, 0.25) is 0 Å². The average Bonchev–Trinajstić information content (AvgIpc) is 3.31. The molecule has 0 unspecified atom stereocenters. The molecule has 158 valence electrons. The third-order valence-electron chi connectivity index (χ3n) is 3.91. The van der Waals surface area contributed by atoms with Gasteiger partial charge in [0.05, 0.1) is 5.69 Å². The molecular formula is C19H17F2N3O4S2. The van der Waals surface area contributed by atoms with Crippen LogP contribution in [0.5, 0.6) is 0 Å². The SMILES string of the molecule is CCC(=O)Nc1c(C)noc1/C=C/c1ccc(S(=O)(=O)Nc2cc(F)ccc2F)s1. The number of hydrogen-bond acceptors (Lipinski definition) is 6. The van der Waals surface area contributed by atoms with Gasteiger partial charge in [-0.05, 0) is 43.3 Å². The second-order valence-electron chi connectivity index (χ2n) is 6.13. The van der Waals surface area contributed by atoms with Crippen LogP contribution in [0.15, 0.2) is 39.1 Å². The highest BCUT2D eigenvalue weighted by molar-refractivity contribution is 7.94. The molecule has 2 heterocycles. The molecule has 0 radical (unpaired) electrons. The predicted molar refractivity (Wildman–Crippen MR) is 111 cm³/mol. The number of halogens is 2. The Balaban J connectivity index is 1.80. The zero-order valence-electron chi connectivity index (χ0n) is 15.9. The predicted octanol–water partition coefficient (Wildman–Crippen LogP) is 4.64. The summed E-state index contributed by atoms with van der Waals surface area (Å²) in [6.07, 6.45) is 3.43. The first kappa shape index (κ1) is 21.7. The molecular weight excluding hydrogens is 436 g/mol. The Kier molecular flexibility index (Phi) is 6.32. The molecule has 3 aromatic rings. The van der Waals surface area contributed by atoms with E-state index in [-0.39, 0.29) is 10.1 Å². The fraction of sp³-hybridized carbons (Fsp3) is 0.158. The number of amides is 1. The molecule has 0 saturated heterocycles. The van der Waals surface area contributed by atoms with E-state index in [4.69, 9.17) is 4.52 Å². The number of nitrogens with one attached hydrogen (secondary N) is 2. The molecule has 1 aromatic carbocycles. The highest BCUT2D eigenvalue weighted by atomic mass is 32.2. The Bertz CT molecular complexity index is 1220. The maximum Gasteiger partial charge on any atom is 0.271 e. The number of carbonyl (C=O) groups excluding carboxylic acids is 1. The molecule has 0 aliphatic heterocycles. The minimum Gasteiger partial charge on any atom is -0.354 e. The van der Waals surface area contributed by atoms with E-state index in [2.05, 4.69) is 10.5 Å². The number of nitrogens with zero attached hydrogens (tertiary/aromatic N) is 1. The molecule has 2 N–H and O–H groups in total. The lowest BCUT2D eigenvalue weighted by Crippen LogP contribution is -2.12. The average molecular weight is 453 g/mol. The van der Waals surface area contributed by atoms with Crippen LogP contribution in [-0.2, 0) is 14.8 Å². The third-order valence-corrected chi connectivity index (χ3v) is 6.82. The van der Waals surface area contributed by atoms with E-state index in [0.717, 1.165) is 29.5 Å². The van der Waals surface area contributed by atoms with Crippen molar-refractivity contribution in [1.82, 2.24) is 5.16 Å². The zero-order valence-corrected chi connectivity index (χ0v) is 17.5. The zero-order chi connectivity index (χ0) is 21.9. The van der Waals surface area contributed by atoms with Gasteiger partial charge in [-0.15, -0.1) is 11.3 Å². The molecule has 11 heteroatoms. The monoisotopic (exact) mass is 453 g/mol. The van der Waals surface area contributed by atoms with Crippen molar-refractivity contribution in [2.45, 2.75) is 24.5 Å². The van der Waals surface area contributed by atoms with E-state index in [0.29, 0.717) is 28.4 Å². The molecule has 1 amide bonds. The summed E-state index contributed by atoms with van der Waals surface area (Å²) in [5, 5.41) is 6.51. The van der Waals surface area contributed by atoms with Crippen molar-refractivity contribution in [2.24, 2.45) is 0 Å². The van der Waals surface area contributed by atoms with E-state index in [1.165, 1.54) is 6.07 Å². The van der Waals surface area contributed by atoms with Crippen molar-refractivity contribution >= 4 is 50.8 Å². The highest BCUT2D eigenvalue weighted by Gasteiger charge is 2.19. The van der Waals surface area contributed by atoms with E-state index < -0.39 is 27.3 Å². The van der Waals surface area contributed by atoms with E-state index >= 15 is 0 Å². The molecule has 7 nitrogen and oxygen atoms in total. The Hall–Kier alpha value is -3.05. The minimum absolute atomic E-state index is 0.0842. The van der Waals surface area contributed by atoms with Crippen LogP contribution in [0.3, 0.4) is 0 Å². The molecule has 0 spiro atoms. The molecule has 2 aromatic heterocycles. The number of thiophene rings is 1. The third kappa shape index (κ3) is 4.92. The van der Waals surface area contributed by atoms with Gasteiger partial charge in [-0.3, -0.25) is 9.52 Å². The van der Waals surface area contributed by atoms with Gasteiger partial charge in [-0.25, -0.2) is 17.2 Å². The molecule has 0 saturated carbocycles. The van der Waals surface area contributed by atoms with Crippen molar-refractivity contribution in [1.29, 1.82) is 0 Å². The van der Waals surface area contributed by atoms with Crippen LogP contribution in [0.4, 0.5) is 20.2 Å². The highest BCUT2D eigenvalue weighted by Crippen LogP contribution is 2.28. The smallest absolute Gasteiger partial charge is 0.271 e. The largest absolute Gasteiger partial charge is 0.354 e. The topological polar surface area (TPSA) is 101 Å². The molecule has 0 aliphatic carbocycles. The first-order chi connectivity index (χ1) is 14.2. The van der Waals surface area contributed by atoms with Gasteiger partial charge in [-0.1, -0.05) is 12.1 Å². The molecule has 3 rings (SSSR count). The first-order valence-corrected chi connectivity index (χ1v) is 11.0. The van der Waals surface area contributed by atoms with Crippen LogP contribution >= 0.6 is 11.3 Å². The van der Waals surface area contributed by atoms with Gasteiger partial charge < -0.3 is 9.84 Å². The Morgan fingerprint density at radius 2 is 2.00 bits per heavy atom. The van der Waals surface area contributed by atoms with Crippen LogP contribution < -0.4 is 10.0 Å². The summed E-state index contributed by atoms with van der Waals surface area (Å²) in [5.41, 5.74) is 0.465. The summed E-state index contributed by atoms with van der Waals surface area (Å²) >= 11 is 0.917. The summed E-state index contributed by atoms with van der Waals surface area (Å²) in [6.45, 7) is 3.39. The lowest BCUT2D eigenvalue weighted by atomic mass is 10.2. The Morgan fingerprint density at radius 1 is 1.23 bits per heavy atom. The number of rotatable bonds is 7. The Labute approximate surface area is 175 Å². The van der Waals surface area contributed by atoms with Gasteiger partial charge in [0.2, 0.25) is 5.91 Å². The number of benzene rings is 1. The van der Waals surface area contributed by atoms with E-state index in [1.807, 2.05) is 4.72 Å². The number of hydrogen-bond donors (Lipinski definition) is 2. The van der Waals surface area contributed by atoms with Gasteiger partial charge in [0.1, 0.15) is 27.2 Å². The van der Waals surface area contributed by atoms with Gasteiger partial charge in [-0.2, -0.15) is 0 Å². The van der Waals surface area contributed by atoms with Crippen LogP contribution in [0, 0.1) is 18.6 Å². The summed E-state index contributed by atoms with van der Waals surface area (Å²) in [6, 6.07) is 5.38. The fourth-order valence-corrected chi connectivity index (χ4v) is 4.66. The van der Waals surface area contributed by atoms with Crippen LogP contribution in [0.1, 0.15) is 29.7 Å². The van der Waals surface area contributed by atoms with E-state index in [1.54, 1.807) is 32.1 Å². The minimum atomic E-state index is -4.10. The molecule has 30 heavy (non-hydrogen) atoms.